The lowest BCUT2D eigenvalue weighted by molar-refractivity contribution is 0.102. The molecule has 0 aliphatic carbocycles. The molecule has 2 aromatic rings. The Balaban J connectivity index is 1.68. The molecule has 1 aliphatic heterocycles. The van der Waals surface area contributed by atoms with Crippen molar-refractivity contribution >= 4 is 22.4 Å². The summed E-state index contributed by atoms with van der Waals surface area (Å²) in [5.41, 5.74) is 0.344. The quantitative estimate of drug-likeness (QED) is 0.906. The number of aromatic nitrogens is 2. The normalized spacial score (nSPS) is 16.0. The number of hydrogen-bond donors (Lipinski definition) is 2. The Morgan fingerprint density at radius 3 is 3.05 bits per heavy atom. The molecule has 1 saturated heterocycles. The molecule has 21 heavy (non-hydrogen) atoms. The molecule has 1 fully saturated rings. The van der Waals surface area contributed by atoms with Gasteiger partial charge in [-0.2, -0.15) is 0 Å². The van der Waals surface area contributed by atoms with Crippen LogP contribution < -0.4 is 10.6 Å². The van der Waals surface area contributed by atoms with Crippen molar-refractivity contribution in [3.05, 3.63) is 28.9 Å². The van der Waals surface area contributed by atoms with Gasteiger partial charge in [0.15, 0.2) is 17.2 Å². The smallest absolute Gasteiger partial charge is 0.279 e. The van der Waals surface area contributed by atoms with Gasteiger partial charge in [-0.15, -0.1) is 11.3 Å². The van der Waals surface area contributed by atoms with Crippen LogP contribution in [0.4, 0.5) is 5.13 Å². The maximum Gasteiger partial charge on any atom is 0.279 e. The van der Waals surface area contributed by atoms with Crippen molar-refractivity contribution in [2.45, 2.75) is 32.1 Å². The van der Waals surface area contributed by atoms with E-state index in [-0.39, 0.29) is 5.91 Å². The van der Waals surface area contributed by atoms with Gasteiger partial charge in [0.1, 0.15) is 5.76 Å². The fourth-order valence-electron chi connectivity index (χ4n) is 2.50. The first-order valence-corrected chi connectivity index (χ1v) is 7.99. The molecular formula is C14H18N4O2S. The predicted octanol–water partition coefficient (Wildman–Crippen LogP) is 2.41. The highest BCUT2D eigenvalue weighted by atomic mass is 32.1. The van der Waals surface area contributed by atoms with Crippen LogP contribution >= 0.6 is 11.3 Å². The van der Waals surface area contributed by atoms with E-state index in [1.807, 2.05) is 13.1 Å². The molecule has 1 amide bonds. The Hall–Kier alpha value is -1.73. The van der Waals surface area contributed by atoms with Gasteiger partial charge in [0.2, 0.25) is 0 Å². The van der Waals surface area contributed by atoms with Gasteiger partial charge in [-0.3, -0.25) is 10.1 Å². The summed E-state index contributed by atoms with van der Waals surface area (Å²) in [6, 6.07) is 0. The van der Waals surface area contributed by atoms with Crippen LogP contribution in [0.5, 0.6) is 0 Å². The van der Waals surface area contributed by atoms with E-state index in [4.69, 9.17) is 4.42 Å². The van der Waals surface area contributed by atoms with Gasteiger partial charge in [-0.25, -0.2) is 9.97 Å². The maximum absolute atomic E-state index is 12.2. The zero-order valence-corrected chi connectivity index (χ0v) is 12.7. The number of aryl methyl sites for hydroxylation is 1. The van der Waals surface area contributed by atoms with Crippen LogP contribution in [-0.2, 0) is 6.42 Å². The number of carbonyl (C=O) groups excluding carboxylic acids is 1. The summed E-state index contributed by atoms with van der Waals surface area (Å²) < 4.78 is 5.18. The van der Waals surface area contributed by atoms with Crippen LogP contribution in [-0.4, -0.2) is 29.0 Å². The average molecular weight is 306 g/mol. The topological polar surface area (TPSA) is 80.1 Å². The van der Waals surface area contributed by atoms with E-state index in [1.54, 1.807) is 11.3 Å². The van der Waals surface area contributed by atoms with Gasteiger partial charge in [0, 0.05) is 17.5 Å². The van der Waals surface area contributed by atoms with Crippen molar-refractivity contribution in [1.29, 1.82) is 0 Å². The van der Waals surface area contributed by atoms with Gasteiger partial charge in [0.05, 0.1) is 0 Å². The van der Waals surface area contributed by atoms with Gasteiger partial charge in [0.25, 0.3) is 5.91 Å². The summed E-state index contributed by atoms with van der Waals surface area (Å²) in [5.74, 6) is 0.891. The monoisotopic (exact) mass is 306 g/mol. The molecule has 2 N–H and O–H groups in total. The lowest BCUT2D eigenvalue weighted by Crippen LogP contribution is -2.26. The van der Waals surface area contributed by atoms with Crippen LogP contribution in [0, 0.1) is 0 Å². The number of amides is 1. The van der Waals surface area contributed by atoms with Crippen LogP contribution in [0.2, 0.25) is 0 Å². The van der Waals surface area contributed by atoms with Crippen LogP contribution in [0.15, 0.2) is 17.0 Å². The van der Waals surface area contributed by atoms with Crippen LogP contribution in [0.25, 0.3) is 0 Å². The third-order valence-electron chi connectivity index (χ3n) is 3.66. The maximum atomic E-state index is 12.2. The minimum absolute atomic E-state index is 0.258. The second kappa shape index (κ2) is 6.36. The molecule has 7 heteroatoms. The summed E-state index contributed by atoms with van der Waals surface area (Å²) in [4.78, 5) is 21.7. The molecule has 2 aromatic heterocycles. The van der Waals surface area contributed by atoms with Crippen molar-refractivity contribution in [3.8, 4) is 0 Å². The molecule has 0 radical (unpaired) electrons. The first-order valence-electron chi connectivity index (χ1n) is 7.18. The molecule has 1 aliphatic rings. The zero-order valence-electron chi connectivity index (χ0n) is 11.9. The van der Waals surface area contributed by atoms with E-state index in [1.165, 1.54) is 11.3 Å². The third-order valence-corrected chi connectivity index (χ3v) is 4.74. The van der Waals surface area contributed by atoms with Crippen molar-refractivity contribution in [2.24, 2.45) is 0 Å². The van der Waals surface area contributed by atoms with E-state index in [2.05, 4.69) is 20.6 Å². The molecule has 0 spiro atoms. The summed E-state index contributed by atoms with van der Waals surface area (Å²) in [7, 11) is 0. The average Bonchev–Trinajstić information content (AvgIpc) is 3.16. The third kappa shape index (κ3) is 3.14. The summed E-state index contributed by atoms with van der Waals surface area (Å²) in [5, 5.41) is 6.78. The van der Waals surface area contributed by atoms with Gasteiger partial charge in [-0.1, -0.05) is 6.92 Å². The summed E-state index contributed by atoms with van der Waals surface area (Å²) >= 11 is 1.55. The highest BCUT2D eigenvalue weighted by Gasteiger charge is 2.20. The van der Waals surface area contributed by atoms with E-state index in [9.17, 15) is 4.79 Å². The molecule has 112 valence electrons. The molecule has 0 aromatic carbocycles. The fraction of sp³-hybridized carbons (Fsp3) is 0.500. The first kappa shape index (κ1) is 14.2. The highest BCUT2D eigenvalue weighted by Crippen LogP contribution is 2.31. The molecule has 3 rings (SSSR count). The van der Waals surface area contributed by atoms with E-state index in [0.717, 1.165) is 25.9 Å². The highest BCUT2D eigenvalue weighted by molar-refractivity contribution is 7.15. The van der Waals surface area contributed by atoms with Crippen molar-refractivity contribution in [2.75, 3.05) is 18.4 Å². The first-order chi connectivity index (χ1) is 10.3. The molecule has 0 saturated carbocycles. The molecule has 6 nitrogen and oxygen atoms in total. The second-order valence-electron chi connectivity index (χ2n) is 5.02. The largest absolute Gasteiger partial charge is 0.448 e. The molecule has 3 heterocycles. The Labute approximate surface area is 127 Å². The van der Waals surface area contributed by atoms with E-state index in [0.29, 0.717) is 28.9 Å². The number of thiazole rings is 1. The number of nitrogens with one attached hydrogen (secondary N) is 2. The van der Waals surface area contributed by atoms with Gasteiger partial charge < -0.3 is 9.73 Å². The lowest BCUT2D eigenvalue weighted by Gasteiger charge is -2.20. The molecule has 0 unspecified atom stereocenters. The Morgan fingerprint density at radius 2 is 2.29 bits per heavy atom. The number of carbonyl (C=O) groups is 1. The lowest BCUT2D eigenvalue weighted by atomic mass is 9.97. The van der Waals surface area contributed by atoms with Crippen molar-refractivity contribution < 1.29 is 9.21 Å². The van der Waals surface area contributed by atoms with E-state index >= 15 is 0 Å². The SMILES string of the molecule is CCc1ocnc1C(=O)Nc1ncc(C2CCNCC2)s1. The molecular weight excluding hydrogens is 288 g/mol. The second-order valence-corrected chi connectivity index (χ2v) is 6.09. The minimum Gasteiger partial charge on any atom is -0.448 e. The van der Waals surface area contributed by atoms with Crippen LogP contribution in [0.3, 0.4) is 0 Å². The molecule has 0 bridgehead atoms. The van der Waals surface area contributed by atoms with Gasteiger partial charge >= 0.3 is 0 Å². The Kier molecular flexibility index (Phi) is 4.31. The minimum atomic E-state index is -0.258. The fourth-order valence-corrected chi connectivity index (χ4v) is 3.48. The number of anilines is 1. The Morgan fingerprint density at radius 1 is 1.48 bits per heavy atom. The van der Waals surface area contributed by atoms with Crippen molar-refractivity contribution in [3.63, 3.8) is 0 Å². The summed E-state index contributed by atoms with van der Waals surface area (Å²) in [6.07, 6.45) is 6.06. The zero-order chi connectivity index (χ0) is 14.7. The summed E-state index contributed by atoms with van der Waals surface area (Å²) in [6.45, 7) is 4.02. The number of rotatable bonds is 4. The number of oxazole rings is 1. The molecule has 0 atom stereocenters. The number of piperidine rings is 1. The van der Waals surface area contributed by atoms with Crippen LogP contribution in [0.1, 0.15) is 46.8 Å². The number of nitrogens with zero attached hydrogens (tertiary/aromatic N) is 2. The number of hydrogen-bond acceptors (Lipinski definition) is 6. The standard InChI is InChI=1S/C14H18N4O2S/c1-2-10-12(17-8-20-10)13(19)18-14-16-7-11(21-14)9-3-5-15-6-4-9/h7-9,15H,2-6H2,1H3,(H,16,18,19). The Bertz CT molecular complexity index is 616. The van der Waals surface area contributed by atoms with E-state index < -0.39 is 0 Å². The van der Waals surface area contributed by atoms with Crippen molar-refractivity contribution in [1.82, 2.24) is 15.3 Å². The van der Waals surface area contributed by atoms with Gasteiger partial charge in [-0.05, 0) is 31.8 Å². The predicted molar refractivity (Wildman–Crippen MR) is 80.8 cm³/mol.